The topological polar surface area (TPSA) is 68.0 Å². The lowest BCUT2D eigenvalue weighted by Crippen LogP contribution is -2.11. The Morgan fingerprint density at radius 1 is 1.55 bits per heavy atom. The third-order valence-corrected chi connectivity index (χ3v) is 3.54. The molecule has 1 heterocycles. The van der Waals surface area contributed by atoms with E-state index < -0.39 is 0 Å². The van der Waals surface area contributed by atoms with Crippen LogP contribution in [0.3, 0.4) is 0 Å². The van der Waals surface area contributed by atoms with Crippen molar-refractivity contribution in [3.8, 4) is 11.8 Å². The molecule has 6 heteroatoms. The summed E-state index contributed by atoms with van der Waals surface area (Å²) in [4.78, 5) is 17.2. The summed E-state index contributed by atoms with van der Waals surface area (Å²) >= 11 is 7.50. The normalized spacial score (nSPS) is 9.75. The molecule has 0 saturated heterocycles. The smallest absolute Gasteiger partial charge is 0.257 e. The van der Waals surface area contributed by atoms with E-state index in [0.717, 1.165) is 4.88 Å². The van der Waals surface area contributed by atoms with Gasteiger partial charge in [-0.15, -0.1) is 11.3 Å². The number of nitrogens with zero attached hydrogens (tertiary/aromatic N) is 1. The summed E-state index contributed by atoms with van der Waals surface area (Å²) in [5.74, 6) is 5.31. The minimum Gasteiger partial charge on any atom is -0.320 e. The molecule has 0 bridgehead atoms. The molecule has 0 spiro atoms. The van der Waals surface area contributed by atoms with Crippen molar-refractivity contribution >= 4 is 34.0 Å². The highest BCUT2D eigenvalue weighted by atomic mass is 35.5. The van der Waals surface area contributed by atoms with Crippen LogP contribution in [0.5, 0.6) is 0 Å². The number of amides is 1. The van der Waals surface area contributed by atoms with Crippen molar-refractivity contribution in [2.75, 3.05) is 11.9 Å². The Bertz CT molecular complexity index is 700. The molecule has 0 saturated carbocycles. The van der Waals surface area contributed by atoms with Crippen LogP contribution in [0, 0.1) is 18.8 Å². The van der Waals surface area contributed by atoms with Gasteiger partial charge in [0.15, 0.2) is 5.13 Å². The van der Waals surface area contributed by atoms with Gasteiger partial charge < -0.3 is 5.73 Å². The second-order valence-electron chi connectivity index (χ2n) is 3.93. The van der Waals surface area contributed by atoms with Crippen LogP contribution >= 0.6 is 22.9 Å². The minimum absolute atomic E-state index is 0.250. The van der Waals surface area contributed by atoms with E-state index in [-0.39, 0.29) is 12.5 Å². The van der Waals surface area contributed by atoms with E-state index in [1.54, 1.807) is 24.4 Å². The zero-order valence-electron chi connectivity index (χ0n) is 10.7. The van der Waals surface area contributed by atoms with E-state index in [0.29, 0.717) is 21.3 Å². The molecule has 1 aromatic carbocycles. The first-order chi connectivity index (χ1) is 9.60. The SMILES string of the molecule is Cc1cnc(NC(=O)c2ccc(C#CCN)c(Cl)c2)s1. The molecule has 0 aliphatic rings. The van der Waals surface area contributed by atoms with Crippen molar-refractivity contribution in [3.05, 3.63) is 45.4 Å². The molecule has 102 valence electrons. The van der Waals surface area contributed by atoms with Crippen LogP contribution in [0.25, 0.3) is 0 Å². The molecular weight excluding hydrogens is 294 g/mol. The fraction of sp³-hybridized carbons (Fsp3) is 0.143. The van der Waals surface area contributed by atoms with Crippen LogP contribution in [0.2, 0.25) is 5.02 Å². The molecule has 0 aliphatic carbocycles. The summed E-state index contributed by atoms with van der Waals surface area (Å²) in [7, 11) is 0. The largest absolute Gasteiger partial charge is 0.320 e. The van der Waals surface area contributed by atoms with Crippen molar-refractivity contribution in [2.24, 2.45) is 5.73 Å². The lowest BCUT2D eigenvalue weighted by atomic mass is 10.1. The molecule has 1 amide bonds. The molecule has 3 N–H and O–H groups in total. The van der Waals surface area contributed by atoms with Gasteiger partial charge in [-0.2, -0.15) is 0 Å². The third kappa shape index (κ3) is 3.58. The van der Waals surface area contributed by atoms with Gasteiger partial charge >= 0.3 is 0 Å². The number of rotatable bonds is 2. The van der Waals surface area contributed by atoms with Gasteiger partial charge in [-0.3, -0.25) is 10.1 Å². The fourth-order valence-electron chi connectivity index (χ4n) is 1.49. The monoisotopic (exact) mass is 305 g/mol. The van der Waals surface area contributed by atoms with Crippen molar-refractivity contribution in [2.45, 2.75) is 6.92 Å². The van der Waals surface area contributed by atoms with E-state index in [1.165, 1.54) is 11.3 Å². The van der Waals surface area contributed by atoms with E-state index in [2.05, 4.69) is 22.1 Å². The van der Waals surface area contributed by atoms with Gasteiger partial charge in [-0.1, -0.05) is 23.4 Å². The number of hydrogen-bond acceptors (Lipinski definition) is 4. The highest BCUT2D eigenvalue weighted by Crippen LogP contribution is 2.20. The van der Waals surface area contributed by atoms with E-state index in [1.807, 2.05) is 6.92 Å². The predicted molar refractivity (Wildman–Crippen MR) is 82.2 cm³/mol. The van der Waals surface area contributed by atoms with Crippen molar-refractivity contribution in [1.29, 1.82) is 0 Å². The molecule has 2 aromatic rings. The Balaban J connectivity index is 2.16. The average Bonchev–Trinajstić information content (AvgIpc) is 2.82. The van der Waals surface area contributed by atoms with Crippen LogP contribution < -0.4 is 11.1 Å². The Labute approximate surface area is 126 Å². The maximum absolute atomic E-state index is 12.0. The summed E-state index contributed by atoms with van der Waals surface area (Å²) in [5.41, 5.74) is 6.42. The zero-order valence-corrected chi connectivity index (χ0v) is 12.3. The summed E-state index contributed by atoms with van der Waals surface area (Å²) in [5, 5.41) is 3.71. The quantitative estimate of drug-likeness (QED) is 0.838. The summed E-state index contributed by atoms with van der Waals surface area (Å²) in [6.07, 6.45) is 1.71. The number of carbonyl (C=O) groups is 1. The maximum atomic E-state index is 12.0. The molecule has 1 aromatic heterocycles. The number of carbonyl (C=O) groups excluding carboxylic acids is 1. The number of aryl methyl sites for hydroxylation is 1. The number of anilines is 1. The Morgan fingerprint density at radius 2 is 2.35 bits per heavy atom. The van der Waals surface area contributed by atoms with Gasteiger partial charge in [0.25, 0.3) is 5.91 Å². The number of halogens is 1. The first-order valence-corrected chi connectivity index (χ1v) is 7.02. The first kappa shape index (κ1) is 14.5. The van der Waals surface area contributed by atoms with Crippen LogP contribution in [0.4, 0.5) is 5.13 Å². The lowest BCUT2D eigenvalue weighted by Gasteiger charge is -2.03. The molecule has 0 aliphatic heterocycles. The van der Waals surface area contributed by atoms with Crippen LogP contribution in [0.1, 0.15) is 20.8 Å². The average molecular weight is 306 g/mol. The van der Waals surface area contributed by atoms with Gasteiger partial charge in [0.2, 0.25) is 0 Å². The molecular formula is C14H12ClN3OS. The van der Waals surface area contributed by atoms with E-state index >= 15 is 0 Å². The van der Waals surface area contributed by atoms with Gasteiger partial charge in [0, 0.05) is 22.2 Å². The second kappa shape index (κ2) is 6.53. The molecule has 0 atom stereocenters. The summed E-state index contributed by atoms with van der Waals surface area (Å²) in [6.45, 7) is 2.19. The molecule has 0 unspecified atom stereocenters. The van der Waals surface area contributed by atoms with Crippen LogP contribution in [-0.4, -0.2) is 17.4 Å². The maximum Gasteiger partial charge on any atom is 0.257 e. The number of thiazole rings is 1. The van der Waals surface area contributed by atoms with Crippen molar-refractivity contribution < 1.29 is 4.79 Å². The lowest BCUT2D eigenvalue weighted by molar-refractivity contribution is 0.102. The molecule has 0 radical (unpaired) electrons. The van der Waals surface area contributed by atoms with Crippen LogP contribution in [0.15, 0.2) is 24.4 Å². The zero-order chi connectivity index (χ0) is 14.5. The standard InChI is InChI=1S/C14H12ClN3OS/c1-9-8-17-14(20-9)18-13(19)11-5-4-10(3-2-6-16)12(15)7-11/h4-5,7-8H,6,16H2,1H3,(H,17,18,19). The number of aromatic nitrogens is 1. The Kier molecular flexibility index (Phi) is 4.74. The van der Waals surface area contributed by atoms with Crippen molar-refractivity contribution in [1.82, 2.24) is 4.98 Å². The first-order valence-electron chi connectivity index (χ1n) is 5.82. The second-order valence-corrected chi connectivity index (χ2v) is 5.57. The van der Waals surface area contributed by atoms with Crippen molar-refractivity contribution in [3.63, 3.8) is 0 Å². The molecule has 0 fully saturated rings. The molecule has 20 heavy (non-hydrogen) atoms. The summed E-state index contributed by atoms with van der Waals surface area (Å²) in [6, 6.07) is 4.95. The number of hydrogen-bond donors (Lipinski definition) is 2. The van der Waals surface area contributed by atoms with Gasteiger partial charge in [0.1, 0.15) is 0 Å². The number of benzene rings is 1. The van der Waals surface area contributed by atoms with E-state index in [4.69, 9.17) is 17.3 Å². The van der Waals surface area contributed by atoms with Gasteiger partial charge in [-0.05, 0) is 25.1 Å². The Morgan fingerprint density at radius 3 is 2.95 bits per heavy atom. The highest BCUT2D eigenvalue weighted by Gasteiger charge is 2.10. The highest BCUT2D eigenvalue weighted by molar-refractivity contribution is 7.15. The Hall–Kier alpha value is -1.87. The molecule has 4 nitrogen and oxygen atoms in total. The summed E-state index contributed by atoms with van der Waals surface area (Å²) < 4.78 is 0. The number of nitrogens with two attached hydrogens (primary N) is 1. The van der Waals surface area contributed by atoms with Crippen LogP contribution in [-0.2, 0) is 0 Å². The van der Waals surface area contributed by atoms with E-state index in [9.17, 15) is 4.79 Å². The third-order valence-electron chi connectivity index (χ3n) is 2.40. The minimum atomic E-state index is -0.250. The number of nitrogens with one attached hydrogen (secondary N) is 1. The predicted octanol–water partition coefficient (Wildman–Crippen LogP) is 2.67. The van der Waals surface area contributed by atoms with Gasteiger partial charge in [-0.25, -0.2) is 4.98 Å². The van der Waals surface area contributed by atoms with Gasteiger partial charge in [0.05, 0.1) is 11.6 Å². The molecule has 2 rings (SSSR count). The fourth-order valence-corrected chi connectivity index (χ4v) is 2.37.